The standard InChI is InChI=1S/C7H7F3N4/c1-14-5-4(2-11-3-12-5)13-6(14)7(8,9)10/h3H,2H2,1H3,(H,11,12). The number of hydrogen-bond acceptors (Lipinski definition) is 3. The Morgan fingerprint density at radius 3 is 2.79 bits per heavy atom. The molecule has 2 rings (SSSR count). The molecule has 7 heteroatoms. The number of imidazole rings is 1. The molecule has 0 amide bonds. The summed E-state index contributed by atoms with van der Waals surface area (Å²) in [6.45, 7) is 0.187. The molecule has 1 aliphatic heterocycles. The van der Waals surface area contributed by atoms with Crippen LogP contribution in [-0.4, -0.2) is 15.9 Å². The molecular weight excluding hydrogens is 197 g/mol. The number of halogens is 3. The molecule has 4 nitrogen and oxygen atoms in total. The second kappa shape index (κ2) is 2.73. The van der Waals surface area contributed by atoms with E-state index in [1.54, 1.807) is 0 Å². The monoisotopic (exact) mass is 204 g/mol. The Hall–Kier alpha value is -1.53. The van der Waals surface area contributed by atoms with Crippen LogP contribution in [0.15, 0.2) is 4.99 Å². The molecule has 0 saturated carbocycles. The van der Waals surface area contributed by atoms with Crippen molar-refractivity contribution in [2.45, 2.75) is 12.7 Å². The highest BCUT2D eigenvalue weighted by Gasteiger charge is 2.38. The minimum atomic E-state index is -4.42. The number of aromatic nitrogens is 2. The lowest BCUT2D eigenvalue weighted by atomic mass is 10.4. The molecule has 1 aromatic heterocycles. The van der Waals surface area contributed by atoms with Crippen LogP contribution in [0.3, 0.4) is 0 Å². The molecule has 0 aliphatic carbocycles. The molecule has 1 N–H and O–H groups in total. The molecule has 0 spiro atoms. The van der Waals surface area contributed by atoms with Crippen LogP contribution in [-0.2, 0) is 19.8 Å². The van der Waals surface area contributed by atoms with Gasteiger partial charge in [-0.1, -0.05) is 0 Å². The molecule has 76 valence electrons. The lowest BCUT2D eigenvalue weighted by Crippen LogP contribution is -2.14. The van der Waals surface area contributed by atoms with Gasteiger partial charge in [-0.15, -0.1) is 0 Å². The zero-order chi connectivity index (χ0) is 10.3. The molecule has 0 unspecified atom stereocenters. The highest BCUT2D eigenvalue weighted by Crippen LogP contribution is 2.32. The summed E-state index contributed by atoms with van der Waals surface area (Å²) in [6, 6.07) is 0. The van der Waals surface area contributed by atoms with Crippen molar-refractivity contribution < 1.29 is 13.2 Å². The topological polar surface area (TPSA) is 42.2 Å². The molecule has 0 radical (unpaired) electrons. The van der Waals surface area contributed by atoms with Crippen LogP contribution in [0.4, 0.5) is 19.0 Å². The zero-order valence-corrected chi connectivity index (χ0v) is 7.26. The Kier molecular flexibility index (Phi) is 1.76. The van der Waals surface area contributed by atoms with Crippen molar-refractivity contribution in [2.75, 3.05) is 5.32 Å². The number of nitrogens with one attached hydrogen (secondary N) is 1. The summed E-state index contributed by atoms with van der Waals surface area (Å²) in [7, 11) is 1.32. The van der Waals surface area contributed by atoms with E-state index in [4.69, 9.17) is 0 Å². The Bertz CT molecular complexity index is 390. The highest BCUT2D eigenvalue weighted by molar-refractivity contribution is 5.77. The third-order valence-corrected chi connectivity index (χ3v) is 1.95. The van der Waals surface area contributed by atoms with E-state index < -0.39 is 12.0 Å². The number of fused-ring (bicyclic) bond motifs is 1. The number of nitrogens with zero attached hydrogens (tertiary/aromatic N) is 3. The largest absolute Gasteiger partial charge is 0.449 e. The summed E-state index contributed by atoms with van der Waals surface area (Å²) in [6.07, 6.45) is -3.06. The molecule has 0 aromatic carbocycles. The van der Waals surface area contributed by atoms with Crippen LogP contribution in [0.25, 0.3) is 0 Å². The van der Waals surface area contributed by atoms with Gasteiger partial charge in [-0.2, -0.15) is 13.2 Å². The molecule has 0 bridgehead atoms. The molecule has 14 heavy (non-hydrogen) atoms. The van der Waals surface area contributed by atoms with E-state index in [2.05, 4.69) is 15.3 Å². The van der Waals surface area contributed by atoms with Gasteiger partial charge in [-0.25, -0.2) is 4.98 Å². The zero-order valence-electron chi connectivity index (χ0n) is 7.26. The average molecular weight is 204 g/mol. The maximum atomic E-state index is 12.4. The average Bonchev–Trinajstić information content (AvgIpc) is 2.44. The van der Waals surface area contributed by atoms with Gasteiger partial charge in [-0.3, -0.25) is 4.99 Å². The van der Waals surface area contributed by atoms with Gasteiger partial charge in [0.2, 0.25) is 5.82 Å². The van der Waals surface area contributed by atoms with Gasteiger partial charge in [0.1, 0.15) is 11.5 Å². The number of aliphatic imine (C=N–C) groups is 1. The normalized spacial score (nSPS) is 15.1. The fourth-order valence-electron chi connectivity index (χ4n) is 1.34. The number of anilines is 1. The third kappa shape index (κ3) is 1.24. The van der Waals surface area contributed by atoms with E-state index in [0.29, 0.717) is 11.5 Å². The van der Waals surface area contributed by atoms with E-state index >= 15 is 0 Å². The van der Waals surface area contributed by atoms with Gasteiger partial charge in [0.25, 0.3) is 0 Å². The minimum absolute atomic E-state index is 0.187. The van der Waals surface area contributed by atoms with E-state index in [0.717, 1.165) is 4.57 Å². The second-order valence-electron chi connectivity index (χ2n) is 2.90. The van der Waals surface area contributed by atoms with Crippen molar-refractivity contribution in [1.29, 1.82) is 0 Å². The molecule has 1 aliphatic rings. The van der Waals surface area contributed by atoms with Crippen LogP contribution in [0.2, 0.25) is 0 Å². The van der Waals surface area contributed by atoms with Crippen molar-refractivity contribution >= 4 is 12.2 Å². The Balaban J connectivity index is 2.51. The lowest BCUT2D eigenvalue weighted by molar-refractivity contribution is -0.146. The smallest absolute Gasteiger partial charge is 0.331 e. The van der Waals surface area contributed by atoms with Crippen molar-refractivity contribution in [3.63, 3.8) is 0 Å². The maximum Gasteiger partial charge on any atom is 0.449 e. The minimum Gasteiger partial charge on any atom is -0.331 e. The molecule has 0 saturated heterocycles. The van der Waals surface area contributed by atoms with Crippen LogP contribution >= 0.6 is 0 Å². The second-order valence-corrected chi connectivity index (χ2v) is 2.90. The van der Waals surface area contributed by atoms with Crippen LogP contribution < -0.4 is 5.32 Å². The van der Waals surface area contributed by atoms with Crippen molar-refractivity contribution in [3.8, 4) is 0 Å². The van der Waals surface area contributed by atoms with E-state index in [9.17, 15) is 13.2 Å². The first-order valence-electron chi connectivity index (χ1n) is 3.88. The number of hydrogen-bond donors (Lipinski definition) is 1. The van der Waals surface area contributed by atoms with Gasteiger partial charge in [0.05, 0.1) is 12.9 Å². The first-order valence-corrected chi connectivity index (χ1v) is 3.88. The molecule has 1 aromatic rings. The van der Waals surface area contributed by atoms with Gasteiger partial charge in [0.15, 0.2) is 0 Å². The van der Waals surface area contributed by atoms with Crippen LogP contribution in [0.1, 0.15) is 11.5 Å². The SMILES string of the molecule is Cn1c(C(F)(F)F)nc2c1NC=NC2. The first kappa shape index (κ1) is 9.04. The summed E-state index contributed by atoms with van der Waals surface area (Å²) in [5, 5.41) is 2.63. The summed E-state index contributed by atoms with van der Waals surface area (Å²) < 4.78 is 38.1. The van der Waals surface area contributed by atoms with E-state index in [1.165, 1.54) is 13.4 Å². The number of alkyl halides is 3. The Labute approximate surface area is 77.5 Å². The predicted octanol–water partition coefficient (Wildman–Crippen LogP) is 1.39. The Morgan fingerprint density at radius 1 is 1.50 bits per heavy atom. The molecular formula is C7H7F3N4. The molecule has 2 heterocycles. The molecule has 0 fully saturated rings. The third-order valence-electron chi connectivity index (χ3n) is 1.95. The summed E-state index contributed by atoms with van der Waals surface area (Å²) in [5.74, 6) is -0.548. The van der Waals surface area contributed by atoms with Crippen molar-refractivity contribution in [2.24, 2.45) is 12.0 Å². The van der Waals surface area contributed by atoms with Crippen LogP contribution in [0, 0.1) is 0 Å². The fraction of sp³-hybridized carbons (Fsp3) is 0.429. The first-order chi connectivity index (χ1) is 6.50. The van der Waals surface area contributed by atoms with Crippen molar-refractivity contribution in [3.05, 3.63) is 11.5 Å². The maximum absolute atomic E-state index is 12.4. The van der Waals surface area contributed by atoms with Gasteiger partial charge in [0, 0.05) is 7.05 Å². The van der Waals surface area contributed by atoms with Gasteiger partial charge in [-0.05, 0) is 0 Å². The summed E-state index contributed by atoms with van der Waals surface area (Å²) in [5.41, 5.74) is 0.322. The number of rotatable bonds is 0. The quantitative estimate of drug-likeness (QED) is 0.693. The van der Waals surface area contributed by atoms with Gasteiger partial charge < -0.3 is 9.88 Å². The van der Waals surface area contributed by atoms with E-state index in [1.807, 2.05) is 0 Å². The lowest BCUT2D eigenvalue weighted by Gasteiger charge is -2.09. The summed E-state index contributed by atoms with van der Waals surface area (Å²) >= 11 is 0. The van der Waals surface area contributed by atoms with Crippen LogP contribution in [0.5, 0.6) is 0 Å². The molecule has 0 atom stereocenters. The summed E-state index contributed by atoms with van der Waals surface area (Å²) in [4.78, 5) is 7.26. The highest BCUT2D eigenvalue weighted by atomic mass is 19.4. The predicted molar refractivity (Wildman–Crippen MR) is 44.0 cm³/mol. The van der Waals surface area contributed by atoms with E-state index in [-0.39, 0.29) is 6.54 Å². The Morgan fingerprint density at radius 2 is 2.21 bits per heavy atom. The van der Waals surface area contributed by atoms with Gasteiger partial charge >= 0.3 is 6.18 Å². The van der Waals surface area contributed by atoms with Crippen molar-refractivity contribution in [1.82, 2.24) is 9.55 Å². The fourth-order valence-corrected chi connectivity index (χ4v) is 1.34.